The lowest BCUT2D eigenvalue weighted by Crippen LogP contribution is -2.34. The summed E-state index contributed by atoms with van der Waals surface area (Å²) in [6.45, 7) is 3.63. The van der Waals surface area contributed by atoms with Crippen LogP contribution in [0, 0.1) is 13.8 Å². The normalized spacial score (nSPS) is 15.2. The Hall–Kier alpha value is -2.93. The van der Waals surface area contributed by atoms with Gasteiger partial charge in [0.05, 0.1) is 10.6 Å². The van der Waals surface area contributed by atoms with Gasteiger partial charge in [-0.1, -0.05) is 43.4 Å². The molecule has 1 aliphatic carbocycles. The molecule has 4 rings (SSSR count). The summed E-state index contributed by atoms with van der Waals surface area (Å²) < 4.78 is 31.3. The molecule has 0 aliphatic heterocycles. The van der Waals surface area contributed by atoms with Gasteiger partial charge in [0.2, 0.25) is 5.89 Å². The fourth-order valence-electron chi connectivity index (χ4n) is 4.15. The van der Waals surface area contributed by atoms with Crippen LogP contribution in [0.4, 0.5) is 0 Å². The predicted octanol–water partition coefficient (Wildman–Crippen LogP) is 5.38. The number of hydrogen-bond donors (Lipinski definition) is 1. The Morgan fingerprint density at radius 1 is 0.970 bits per heavy atom. The highest BCUT2D eigenvalue weighted by atomic mass is 32.2. The van der Waals surface area contributed by atoms with Crippen molar-refractivity contribution >= 4 is 15.7 Å². The Morgan fingerprint density at radius 2 is 1.61 bits per heavy atom. The topological polar surface area (TPSA) is 89.3 Å². The molecule has 1 amide bonds. The van der Waals surface area contributed by atoms with Gasteiger partial charge in [-0.2, -0.15) is 0 Å². The molecule has 7 heteroatoms. The number of amides is 1. The molecule has 1 fully saturated rings. The van der Waals surface area contributed by atoms with Crippen LogP contribution >= 0.6 is 0 Å². The first-order chi connectivity index (χ1) is 15.8. The van der Waals surface area contributed by atoms with Crippen molar-refractivity contribution in [2.75, 3.05) is 0 Å². The van der Waals surface area contributed by atoms with E-state index in [9.17, 15) is 13.2 Å². The molecule has 1 aliphatic rings. The van der Waals surface area contributed by atoms with Crippen LogP contribution in [0.1, 0.15) is 65.9 Å². The van der Waals surface area contributed by atoms with Crippen molar-refractivity contribution in [1.29, 1.82) is 0 Å². The van der Waals surface area contributed by atoms with E-state index in [4.69, 9.17) is 4.42 Å². The molecule has 0 spiro atoms. The van der Waals surface area contributed by atoms with E-state index in [2.05, 4.69) is 10.3 Å². The second kappa shape index (κ2) is 9.91. The van der Waals surface area contributed by atoms with Crippen molar-refractivity contribution in [3.05, 3.63) is 71.1 Å². The zero-order valence-corrected chi connectivity index (χ0v) is 20.0. The molecule has 6 nitrogen and oxygen atoms in total. The third kappa shape index (κ3) is 5.71. The first-order valence-electron chi connectivity index (χ1n) is 11.5. The highest BCUT2D eigenvalue weighted by Gasteiger charge is 2.21. The minimum atomic E-state index is -3.53. The van der Waals surface area contributed by atoms with Gasteiger partial charge in [-0.05, 0) is 63.1 Å². The van der Waals surface area contributed by atoms with Crippen molar-refractivity contribution in [3.63, 3.8) is 0 Å². The number of aromatic nitrogens is 1. The summed E-state index contributed by atoms with van der Waals surface area (Å²) >= 11 is 0. The maximum absolute atomic E-state index is 12.8. The largest absolute Gasteiger partial charge is 0.441 e. The summed E-state index contributed by atoms with van der Waals surface area (Å²) in [5.74, 6) is 0.517. The zero-order chi connectivity index (χ0) is 23.4. The molecule has 174 valence electrons. The summed E-state index contributed by atoms with van der Waals surface area (Å²) in [4.78, 5) is 17.3. The standard InChI is InChI=1S/C26H30N2O4S/c1-18-9-15-23(16-10-18)33(30,31)17-24-19(2)32-26(28-24)21-13-11-20(12-14-21)25(29)27-22-7-5-3-4-6-8-22/h9-16,22H,3-8,17H2,1-2H3,(H,27,29). The number of carbonyl (C=O) groups is 1. The number of nitrogens with zero attached hydrogens (tertiary/aromatic N) is 1. The molecule has 2 aromatic carbocycles. The number of nitrogens with one attached hydrogen (secondary N) is 1. The first-order valence-corrected chi connectivity index (χ1v) is 13.1. The minimum absolute atomic E-state index is 0.0677. The van der Waals surface area contributed by atoms with Crippen LogP contribution in [0.2, 0.25) is 0 Å². The first kappa shape index (κ1) is 23.2. The van der Waals surface area contributed by atoms with Gasteiger partial charge in [0.15, 0.2) is 9.84 Å². The third-order valence-electron chi connectivity index (χ3n) is 6.18. The Balaban J connectivity index is 1.46. The van der Waals surface area contributed by atoms with Crippen LogP contribution in [-0.4, -0.2) is 25.4 Å². The van der Waals surface area contributed by atoms with E-state index < -0.39 is 9.84 Å². The zero-order valence-electron chi connectivity index (χ0n) is 19.1. The van der Waals surface area contributed by atoms with E-state index in [1.165, 1.54) is 12.8 Å². The van der Waals surface area contributed by atoms with Crippen LogP contribution in [0.25, 0.3) is 11.5 Å². The molecular weight excluding hydrogens is 436 g/mol. The van der Waals surface area contributed by atoms with Crippen molar-refractivity contribution < 1.29 is 17.6 Å². The second-order valence-corrected chi connectivity index (χ2v) is 10.8. The van der Waals surface area contributed by atoms with Gasteiger partial charge in [0.1, 0.15) is 11.5 Å². The molecule has 0 radical (unpaired) electrons. The number of sulfone groups is 1. The molecule has 0 atom stereocenters. The Kier molecular flexibility index (Phi) is 6.98. The summed E-state index contributed by atoms with van der Waals surface area (Å²) in [6.07, 6.45) is 6.88. The van der Waals surface area contributed by atoms with Crippen molar-refractivity contribution in [2.24, 2.45) is 0 Å². The summed E-state index contributed by atoms with van der Waals surface area (Å²) in [5, 5.41) is 3.15. The number of hydrogen-bond acceptors (Lipinski definition) is 5. The highest BCUT2D eigenvalue weighted by Crippen LogP contribution is 2.25. The van der Waals surface area contributed by atoms with Gasteiger partial charge in [-0.3, -0.25) is 4.79 Å². The number of benzene rings is 2. The fraction of sp³-hybridized carbons (Fsp3) is 0.385. The van der Waals surface area contributed by atoms with Crippen LogP contribution in [-0.2, 0) is 15.6 Å². The molecule has 1 N–H and O–H groups in total. The lowest BCUT2D eigenvalue weighted by atomic mass is 10.1. The molecule has 3 aromatic rings. The maximum atomic E-state index is 12.8. The van der Waals surface area contributed by atoms with Crippen LogP contribution in [0.3, 0.4) is 0 Å². The fourth-order valence-corrected chi connectivity index (χ4v) is 5.50. The van der Waals surface area contributed by atoms with Gasteiger partial charge in [0.25, 0.3) is 5.91 Å². The monoisotopic (exact) mass is 466 g/mol. The smallest absolute Gasteiger partial charge is 0.251 e. The summed E-state index contributed by atoms with van der Waals surface area (Å²) in [6, 6.07) is 14.1. The molecule has 0 unspecified atom stereocenters. The molecule has 1 heterocycles. The SMILES string of the molecule is Cc1ccc(S(=O)(=O)Cc2nc(-c3ccc(C(=O)NC4CCCCCC4)cc3)oc2C)cc1. The van der Waals surface area contributed by atoms with Crippen molar-refractivity contribution in [2.45, 2.75) is 69.1 Å². The summed E-state index contributed by atoms with van der Waals surface area (Å²) in [5.41, 5.74) is 2.68. The molecular formula is C26H30N2O4S. The van der Waals surface area contributed by atoms with E-state index in [-0.39, 0.29) is 22.6 Å². The second-order valence-electron chi connectivity index (χ2n) is 8.83. The van der Waals surface area contributed by atoms with E-state index in [1.54, 1.807) is 55.5 Å². The Bertz CT molecular complexity index is 1200. The highest BCUT2D eigenvalue weighted by molar-refractivity contribution is 7.90. The Labute approximate surface area is 195 Å². The molecule has 1 saturated carbocycles. The predicted molar refractivity (Wildman–Crippen MR) is 128 cm³/mol. The van der Waals surface area contributed by atoms with Gasteiger partial charge in [-0.25, -0.2) is 13.4 Å². The van der Waals surface area contributed by atoms with Crippen LogP contribution in [0.15, 0.2) is 57.8 Å². The third-order valence-corrected chi connectivity index (χ3v) is 7.83. The average molecular weight is 467 g/mol. The van der Waals surface area contributed by atoms with E-state index in [0.29, 0.717) is 28.5 Å². The lowest BCUT2D eigenvalue weighted by Gasteiger charge is -2.16. The number of aryl methyl sites for hydroxylation is 2. The maximum Gasteiger partial charge on any atom is 0.251 e. The Morgan fingerprint density at radius 3 is 2.24 bits per heavy atom. The lowest BCUT2D eigenvalue weighted by molar-refractivity contribution is 0.0933. The van der Waals surface area contributed by atoms with Gasteiger partial charge in [0, 0.05) is 17.2 Å². The van der Waals surface area contributed by atoms with Crippen LogP contribution in [0.5, 0.6) is 0 Å². The molecule has 0 saturated heterocycles. The van der Waals surface area contributed by atoms with Crippen molar-refractivity contribution in [1.82, 2.24) is 10.3 Å². The summed E-state index contributed by atoms with van der Waals surface area (Å²) in [7, 11) is -3.53. The van der Waals surface area contributed by atoms with Gasteiger partial charge < -0.3 is 9.73 Å². The number of rotatable bonds is 6. The van der Waals surface area contributed by atoms with E-state index in [0.717, 1.165) is 31.2 Å². The van der Waals surface area contributed by atoms with E-state index >= 15 is 0 Å². The van der Waals surface area contributed by atoms with Gasteiger partial charge >= 0.3 is 0 Å². The molecule has 0 bridgehead atoms. The average Bonchev–Trinajstić information content (AvgIpc) is 2.98. The van der Waals surface area contributed by atoms with E-state index in [1.807, 2.05) is 6.92 Å². The van der Waals surface area contributed by atoms with Crippen molar-refractivity contribution in [3.8, 4) is 11.5 Å². The quantitative estimate of drug-likeness (QED) is 0.492. The number of oxazole rings is 1. The van der Waals surface area contributed by atoms with Crippen LogP contribution < -0.4 is 5.32 Å². The number of carbonyl (C=O) groups excluding carboxylic acids is 1. The molecule has 1 aromatic heterocycles. The molecule has 33 heavy (non-hydrogen) atoms. The van der Waals surface area contributed by atoms with Gasteiger partial charge in [-0.15, -0.1) is 0 Å². The minimum Gasteiger partial charge on any atom is -0.441 e.